The van der Waals surface area contributed by atoms with E-state index in [4.69, 9.17) is 4.42 Å². The van der Waals surface area contributed by atoms with Gasteiger partial charge in [-0.3, -0.25) is 19.7 Å². The number of imide groups is 1. The standard InChI is InChI=1S/C25H19N3O4/c1-3-15-4-7-17(8-5-15)28-25(31)20(14(2)27-28)13-18-9-11-22(32-18)16-6-10-19-21(12-16)24(30)26-23(19)29/h4-13H,3H2,1-2H3,(H,26,29,30). The van der Waals surface area contributed by atoms with Crippen molar-refractivity contribution in [2.75, 3.05) is 5.01 Å². The number of anilines is 1. The van der Waals surface area contributed by atoms with Crippen LogP contribution in [-0.2, 0) is 11.2 Å². The average Bonchev–Trinajstić information content (AvgIpc) is 3.47. The predicted octanol–water partition coefficient (Wildman–Crippen LogP) is 4.20. The van der Waals surface area contributed by atoms with E-state index in [-0.39, 0.29) is 5.91 Å². The molecule has 5 rings (SSSR count). The first-order chi connectivity index (χ1) is 15.4. The summed E-state index contributed by atoms with van der Waals surface area (Å²) in [5.74, 6) is -0.0284. The fourth-order valence-corrected chi connectivity index (χ4v) is 3.78. The van der Waals surface area contributed by atoms with E-state index in [1.54, 1.807) is 43.3 Å². The third-order valence-electron chi connectivity index (χ3n) is 5.59. The highest BCUT2D eigenvalue weighted by Crippen LogP contribution is 2.29. The van der Waals surface area contributed by atoms with Crippen LogP contribution in [0.1, 0.15) is 45.9 Å². The summed E-state index contributed by atoms with van der Waals surface area (Å²) in [6.07, 6.45) is 2.59. The zero-order valence-corrected chi connectivity index (χ0v) is 17.5. The van der Waals surface area contributed by atoms with Crippen molar-refractivity contribution in [3.05, 3.63) is 82.6 Å². The van der Waals surface area contributed by atoms with E-state index in [9.17, 15) is 14.4 Å². The van der Waals surface area contributed by atoms with Crippen molar-refractivity contribution >= 4 is 35.2 Å². The van der Waals surface area contributed by atoms with Crippen molar-refractivity contribution in [2.24, 2.45) is 5.10 Å². The van der Waals surface area contributed by atoms with E-state index < -0.39 is 11.8 Å². The van der Waals surface area contributed by atoms with Crippen LogP contribution in [0.5, 0.6) is 0 Å². The molecule has 3 heterocycles. The molecule has 32 heavy (non-hydrogen) atoms. The molecule has 1 aromatic heterocycles. The summed E-state index contributed by atoms with van der Waals surface area (Å²) in [6.45, 7) is 3.86. The zero-order chi connectivity index (χ0) is 22.4. The van der Waals surface area contributed by atoms with Crippen molar-refractivity contribution in [1.29, 1.82) is 0 Å². The van der Waals surface area contributed by atoms with Gasteiger partial charge in [-0.15, -0.1) is 0 Å². The monoisotopic (exact) mass is 425 g/mol. The Morgan fingerprint density at radius 2 is 1.72 bits per heavy atom. The summed E-state index contributed by atoms with van der Waals surface area (Å²) in [6, 6.07) is 16.2. The number of nitrogens with zero attached hydrogens (tertiary/aromatic N) is 2. The van der Waals surface area contributed by atoms with E-state index >= 15 is 0 Å². The fourth-order valence-electron chi connectivity index (χ4n) is 3.78. The number of fused-ring (bicyclic) bond motifs is 1. The summed E-state index contributed by atoms with van der Waals surface area (Å²) < 4.78 is 5.90. The highest BCUT2D eigenvalue weighted by molar-refractivity contribution is 6.32. The van der Waals surface area contributed by atoms with E-state index in [0.29, 0.717) is 45.2 Å². The molecule has 2 aromatic carbocycles. The Morgan fingerprint density at radius 1 is 0.969 bits per heavy atom. The number of amides is 3. The lowest BCUT2D eigenvalue weighted by molar-refractivity contribution is -0.114. The maximum Gasteiger partial charge on any atom is 0.280 e. The fraction of sp³-hybridized carbons (Fsp3) is 0.120. The molecule has 3 aromatic rings. The van der Waals surface area contributed by atoms with E-state index in [1.165, 1.54) is 10.6 Å². The molecule has 0 aliphatic carbocycles. The van der Waals surface area contributed by atoms with Gasteiger partial charge in [-0.1, -0.05) is 25.1 Å². The van der Waals surface area contributed by atoms with Gasteiger partial charge in [0.15, 0.2) is 0 Å². The maximum atomic E-state index is 13.0. The van der Waals surface area contributed by atoms with Crippen molar-refractivity contribution in [1.82, 2.24) is 5.32 Å². The van der Waals surface area contributed by atoms with Gasteiger partial charge in [0, 0.05) is 5.56 Å². The molecule has 1 N–H and O–H groups in total. The molecule has 0 radical (unpaired) electrons. The highest BCUT2D eigenvalue weighted by Gasteiger charge is 2.29. The van der Waals surface area contributed by atoms with Crippen molar-refractivity contribution in [3.8, 4) is 11.3 Å². The summed E-state index contributed by atoms with van der Waals surface area (Å²) >= 11 is 0. The molecule has 2 aliphatic heterocycles. The van der Waals surface area contributed by atoms with Crippen molar-refractivity contribution in [2.45, 2.75) is 20.3 Å². The molecular formula is C25H19N3O4. The topological polar surface area (TPSA) is 92.0 Å². The van der Waals surface area contributed by atoms with E-state index in [2.05, 4.69) is 17.3 Å². The first-order valence-corrected chi connectivity index (χ1v) is 10.2. The molecule has 0 bridgehead atoms. The van der Waals surface area contributed by atoms with Crippen molar-refractivity contribution in [3.63, 3.8) is 0 Å². The molecule has 0 unspecified atom stereocenters. The molecule has 0 fully saturated rings. The first-order valence-electron chi connectivity index (χ1n) is 10.2. The van der Waals surface area contributed by atoms with Gasteiger partial charge in [0.05, 0.1) is 28.1 Å². The Morgan fingerprint density at radius 3 is 2.47 bits per heavy atom. The van der Waals surface area contributed by atoms with Crippen LogP contribution < -0.4 is 10.3 Å². The SMILES string of the molecule is CCc1ccc(N2N=C(C)C(=Cc3ccc(-c4ccc5c(c4)C(=O)NC5=O)o3)C2=O)cc1. The van der Waals surface area contributed by atoms with Gasteiger partial charge >= 0.3 is 0 Å². The number of hydrogen-bond acceptors (Lipinski definition) is 5. The number of nitrogens with one attached hydrogen (secondary N) is 1. The molecule has 7 heteroatoms. The van der Waals surface area contributed by atoms with Crippen LogP contribution in [0.2, 0.25) is 0 Å². The Labute approximate surface area is 184 Å². The Bertz CT molecular complexity index is 1350. The van der Waals surface area contributed by atoms with Crippen LogP contribution in [0.4, 0.5) is 5.69 Å². The minimum Gasteiger partial charge on any atom is -0.457 e. The van der Waals surface area contributed by atoms with Crippen LogP contribution in [0.3, 0.4) is 0 Å². The number of furan rings is 1. The van der Waals surface area contributed by atoms with Gasteiger partial charge in [0.2, 0.25) is 0 Å². The van der Waals surface area contributed by atoms with Gasteiger partial charge < -0.3 is 4.42 Å². The minimum atomic E-state index is -0.420. The van der Waals surface area contributed by atoms with Crippen molar-refractivity contribution < 1.29 is 18.8 Å². The Kier molecular flexibility index (Phi) is 4.59. The number of hydrogen-bond donors (Lipinski definition) is 1. The zero-order valence-electron chi connectivity index (χ0n) is 17.5. The van der Waals surface area contributed by atoms with Crippen LogP contribution >= 0.6 is 0 Å². The molecule has 158 valence electrons. The second-order valence-electron chi connectivity index (χ2n) is 7.63. The third kappa shape index (κ3) is 3.24. The lowest BCUT2D eigenvalue weighted by Crippen LogP contribution is -2.21. The summed E-state index contributed by atoms with van der Waals surface area (Å²) in [4.78, 5) is 36.6. The summed E-state index contributed by atoms with van der Waals surface area (Å²) in [7, 11) is 0. The lowest BCUT2D eigenvalue weighted by atomic mass is 10.0. The first kappa shape index (κ1) is 19.7. The highest BCUT2D eigenvalue weighted by atomic mass is 16.3. The smallest absolute Gasteiger partial charge is 0.280 e. The van der Waals surface area contributed by atoms with Gasteiger partial charge in [-0.25, -0.2) is 0 Å². The van der Waals surface area contributed by atoms with Gasteiger partial charge in [-0.05, 0) is 61.4 Å². The second kappa shape index (κ2) is 7.46. The minimum absolute atomic E-state index is 0.225. The molecule has 2 aliphatic rings. The second-order valence-corrected chi connectivity index (χ2v) is 7.63. The predicted molar refractivity (Wildman–Crippen MR) is 120 cm³/mol. The normalized spacial score (nSPS) is 16.6. The van der Waals surface area contributed by atoms with Crippen LogP contribution in [-0.4, -0.2) is 23.4 Å². The number of aryl methyl sites for hydroxylation is 1. The number of rotatable bonds is 4. The van der Waals surface area contributed by atoms with Gasteiger partial charge in [-0.2, -0.15) is 10.1 Å². The van der Waals surface area contributed by atoms with E-state index in [0.717, 1.165) is 6.42 Å². The summed E-state index contributed by atoms with van der Waals surface area (Å²) in [5.41, 5.74) is 4.28. The van der Waals surface area contributed by atoms with Crippen LogP contribution in [0.25, 0.3) is 17.4 Å². The Hall–Kier alpha value is -4.26. The van der Waals surface area contributed by atoms with Crippen LogP contribution in [0.15, 0.2) is 69.7 Å². The molecular weight excluding hydrogens is 406 g/mol. The molecule has 0 saturated heterocycles. The number of hydrazone groups is 1. The molecule has 0 spiro atoms. The number of benzene rings is 2. The number of carbonyl (C=O) groups is 3. The molecule has 7 nitrogen and oxygen atoms in total. The molecule has 0 saturated carbocycles. The largest absolute Gasteiger partial charge is 0.457 e. The molecule has 3 amide bonds. The maximum absolute atomic E-state index is 13.0. The van der Waals surface area contributed by atoms with E-state index in [1.807, 2.05) is 24.3 Å². The Balaban J connectivity index is 1.41. The summed E-state index contributed by atoms with van der Waals surface area (Å²) in [5, 5.41) is 8.07. The molecule has 0 atom stereocenters. The lowest BCUT2D eigenvalue weighted by Gasteiger charge is -2.12. The number of carbonyl (C=O) groups excluding carboxylic acids is 3. The van der Waals surface area contributed by atoms with Gasteiger partial charge in [0.1, 0.15) is 11.5 Å². The quantitative estimate of drug-likeness (QED) is 0.501. The average molecular weight is 425 g/mol. The third-order valence-corrected chi connectivity index (χ3v) is 5.59. The van der Waals surface area contributed by atoms with Gasteiger partial charge in [0.25, 0.3) is 17.7 Å². The van der Waals surface area contributed by atoms with Crippen LogP contribution in [0, 0.1) is 0 Å².